The number of carbonyl (C=O) groups is 5. The van der Waals surface area contributed by atoms with Crippen LogP contribution in [0.4, 0.5) is 5.69 Å². The molecule has 2 saturated heterocycles. The second kappa shape index (κ2) is 34.6. The predicted octanol–water partition coefficient (Wildman–Crippen LogP) is 9.77. The summed E-state index contributed by atoms with van der Waals surface area (Å²) in [5, 5.41) is 13.4. The Balaban J connectivity index is 0.704. The molecule has 2 N–H and O–H groups in total. The van der Waals surface area contributed by atoms with Gasteiger partial charge in [0.05, 0.1) is 84.8 Å². The smallest absolute Gasteiger partial charge is 0.246 e. The van der Waals surface area contributed by atoms with Gasteiger partial charge in [-0.3, -0.25) is 24.0 Å². The van der Waals surface area contributed by atoms with Gasteiger partial charge in [-0.1, -0.05) is 81.0 Å². The highest BCUT2D eigenvalue weighted by Gasteiger charge is 2.44. The van der Waals surface area contributed by atoms with Crippen LogP contribution in [0.5, 0.6) is 5.75 Å². The van der Waals surface area contributed by atoms with Crippen LogP contribution in [0.25, 0.3) is 16.7 Å². The zero-order valence-corrected chi connectivity index (χ0v) is 52.8. The number of rotatable bonds is 36. The number of Topliss-reactive ketones (excluding diaryl/α,β-unsaturated/α-hetero) is 3. The lowest BCUT2D eigenvalue weighted by molar-refractivity contribution is -0.144. The van der Waals surface area contributed by atoms with Crippen molar-refractivity contribution in [1.29, 1.82) is 0 Å². The third-order valence-corrected chi connectivity index (χ3v) is 16.5. The maximum Gasteiger partial charge on any atom is 0.246 e. The molecule has 0 saturated carbocycles. The van der Waals surface area contributed by atoms with E-state index in [1.807, 2.05) is 84.0 Å². The number of amides is 2. The zero-order chi connectivity index (χ0) is 62.3. The molecule has 3 aromatic carbocycles. The average Bonchev–Trinajstić information content (AvgIpc) is 2.90. The number of aliphatic hydroxyl groups is 1. The highest BCUT2D eigenvalue weighted by Crippen LogP contribution is 2.36. The van der Waals surface area contributed by atoms with E-state index >= 15 is 0 Å². The number of carbonyl (C=O) groups excluding carboxylic acids is 5. The van der Waals surface area contributed by atoms with Crippen molar-refractivity contribution in [1.82, 2.24) is 10.2 Å². The Bertz CT molecular complexity index is 2900. The van der Waals surface area contributed by atoms with Crippen LogP contribution in [0.3, 0.4) is 0 Å². The Hall–Kier alpha value is -6.15. The fourth-order valence-corrected chi connectivity index (χ4v) is 11.7. The van der Waals surface area contributed by atoms with Gasteiger partial charge in [-0.25, -0.2) is 0 Å². The van der Waals surface area contributed by atoms with Gasteiger partial charge in [0.15, 0.2) is 17.3 Å². The van der Waals surface area contributed by atoms with E-state index in [1.54, 1.807) is 0 Å². The number of likely N-dealkylation sites (tertiary alicyclic amines) is 1. The Morgan fingerprint density at radius 2 is 1.33 bits per heavy atom. The van der Waals surface area contributed by atoms with E-state index in [0.717, 1.165) is 83.7 Å². The summed E-state index contributed by atoms with van der Waals surface area (Å²) >= 11 is 0. The van der Waals surface area contributed by atoms with Gasteiger partial charge in [-0.15, -0.1) is 0 Å². The number of aryl methyl sites for hydroxylation is 1. The van der Waals surface area contributed by atoms with E-state index < -0.39 is 35.4 Å². The number of hydrogen-bond donors (Lipinski definition) is 2. The summed E-state index contributed by atoms with van der Waals surface area (Å²) in [6.45, 7) is 22.1. The van der Waals surface area contributed by atoms with Crippen molar-refractivity contribution < 1.29 is 67.0 Å². The number of nitrogens with zero attached hydrogens (tertiary/aromatic N) is 2. The van der Waals surface area contributed by atoms with Crippen molar-refractivity contribution in [3.8, 4) is 16.9 Å². The van der Waals surface area contributed by atoms with Gasteiger partial charge in [-0.2, -0.15) is 0 Å². The summed E-state index contributed by atoms with van der Waals surface area (Å²) in [6, 6.07) is 19.0. The van der Waals surface area contributed by atoms with Gasteiger partial charge in [0.1, 0.15) is 25.0 Å². The van der Waals surface area contributed by atoms with Gasteiger partial charge in [0.25, 0.3) is 0 Å². The topological polar surface area (TPSA) is 198 Å². The lowest BCUT2D eigenvalue weighted by Crippen LogP contribution is -2.57. The number of ether oxygens (including phenoxy) is 8. The molecule has 2 heterocycles. The Labute approximate surface area is 515 Å². The first-order valence-corrected chi connectivity index (χ1v) is 31.3. The number of allylic oxidation sites excluding steroid dienone is 8. The number of nitrogens with one attached hydrogen (secondary N) is 1. The first-order chi connectivity index (χ1) is 41.9. The minimum absolute atomic E-state index is 0.0267. The summed E-state index contributed by atoms with van der Waals surface area (Å²) < 4.78 is 45.4. The molecule has 2 aliphatic heterocycles. The number of hydrogen-bond acceptors (Lipinski definition) is 15. The van der Waals surface area contributed by atoms with Crippen LogP contribution in [0.2, 0.25) is 0 Å². The maximum absolute atomic E-state index is 14.1. The van der Waals surface area contributed by atoms with Crippen LogP contribution >= 0.6 is 0 Å². The Morgan fingerprint density at radius 1 is 0.736 bits per heavy atom. The molecule has 7 rings (SSSR count). The lowest BCUT2D eigenvalue weighted by Gasteiger charge is -2.37. The van der Waals surface area contributed by atoms with Gasteiger partial charge in [0.2, 0.25) is 11.8 Å². The highest BCUT2D eigenvalue weighted by molar-refractivity contribution is 6.03. The lowest BCUT2D eigenvalue weighted by atomic mass is 9.85. The zero-order valence-electron chi connectivity index (χ0n) is 52.8. The third kappa shape index (κ3) is 20.7. The molecule has 2 fully saturated rings. The van der Waals surface area contributed by atoms with Crippen LogP contribution in [-0.4, -0.2) is 176 Å². The van der Waals surface area contributed by atoms with Crippen LogP contribution in [-0.2, 0) is 58.8 Å². The summed E-state index contributed by atoms with van der Waals surface area (Å²) in [5.74, 6) is -0.116. The van der Waals surface area contributed by atoms with Crippen molar-refractivity contribution in [2.75, 3.05) is 117 Å². The van der Waals surface area contributed by atoms with Crippen molar-refractivity contribution in [3.63, 3.8) is 0 Å². The van der Waals surface area contributed by atoms with E-state index in [4.69, 9.17) is 37.9 Å². The maximum atomic E-state index is 14.1. The number of ketones is 3. The molecule has 17 heteroatoms. The summed E-state index contributed by atoms with van der Waals surface area (Å²) in [5.41, 5.74) is 11.5. The van der Waals surface area contributed by atoms with Gasteiger partial charge in [-0.05, 0) is 147 Å². The molecule has 2 aliphatic carbocycles. The fourth-order valence-electron chi connectivity index (χ4n) is 11.7. The van der Waals surface area contributed by atoms with Crippen molar-refractivity contribution in [2.24, 2.45) is 5.41 Å². The second-order valence-electron chi connectivity index (χ2n) is 24.2. The van der Waals surface area contributed by atoms with Crippen LogP contribution in [0.1, 0.15) is 127 Å². The molecule has 0 spiro atoms. The van der Waals surface area contributed by atoms with Crippen LogP contribution in [0, 0.1) is 12.3 Å². The van der Waals surface area contributed by atoms with E-state index in [-0.39, 0.29) is 63.0 Å². The summed E-state index contributed by atoms with van der Waals surface area (Å²) in [4.78, 5) is 71.4. The number of aliphatic hydroxyl groups excluding tert-OH is 1. The first kappa shape index (κ1) is 68.3. The molecule has 2 amide bonds. The number of anilines is 1. The quantitative estimate of drug-likeness (QED) is 0.0412. The third-order valence-electron chi connectivity index (χ3n) is 16.5. The second-order valence-corrected chi connectivity index (χ2v) is 24.2. The first-order valence-electron chi connectivity index (χ1n) is 31.3. The number of benzene rings is 3. The van der Waals surface area contributed by atoms with Crippen molar-refractivity contribution >= 4 is 40.4 Å². The van der Waals surface area contributed by atoms with Crippen LogP contribution in [0.15, 0.2) is 101 Å². The normalized spacial score (nSPS) is 17.7. The van der Waals surface area contributed by atoms with Crippen LogP contribution < -0.4 is 15.0 Å². The minimum atomic E-state index is -0.937. The average molecular weight is 1200 g/mol. The summed E-state index contributed by atoms with van der Waals surface area (Å²) in [7, 11) is 0. The van der Waals surface area contributed by atoms with E-state index in [9.17, 15) is 29.1 Å². The van der Waals surface area contributed by atoms with E-state index in [1.165, 1.54) is 21.6 Å². The molecule has 0 unspecified atom stereocenters. The summed E-state index contributed by atoms with van der Waals surface area (Å²) in [6.07, 6.45) is 10.3. The van der Waals surface area contributed by atoms with Crippen molar-refractivity contribution in [3.05, 3.63) is 123 Å². The molecule has 0 radical (unpaired) electrons. The standard InChI is InChI=1S/C70H95N3O14/c1-9-72(56-25-27-80-28-26-56)62-44-55(43-61(51(62)5)64(75)24-22-60-50(4)41-48(2)42-66(60)77)53-18-20-58(21-19-53)87-40-39-85-36-35-83-32-31-81-29-30-82-33-34-84-37-38-86-47-67(78)71-68(70(6,7)8)69(79)73-46-57(74)45-63(73)65(76)23-15-52-13-16-54(17-14-52)59-12-10-11-49(59)3/h10-11,13-14,16-21,41,43-44,56-57,63,68,74H,9,12,15,22-40,42,45-47H2,1-8H3,(H,71,78)/t57-,63+,68-/m1/s1. The molecular formula is C70H95N3O14. The molecule has 0 aromatic heterocycles. The minimum Gasteiger partial charge on any atom is -0.491 e. The highest BCUT2D eigenvalue weighted by atomic mass is 16.6. The Morgan fingerprint density at radius 3 is 1.91 bits per heavy atom. The molecule has 3 atom stereocenters. The van der Waals surface area contributed by atoms with Crippen molar-refractivity contribution in [2.45, 2.75) is 137 Å². The van der Waals surface area contributed by atoms with E-state index in [2.05, 4.69) is 60.5 Å². The van der Waals surface area contributed by atoms with E-state index in [0.29, 0.717) is 103 Å². The molecular weight excluding hydrogens is 1110 g/mol. The molecule has 3 aromatic rings. The largest absolute Gasteiger partial charge is 0.491 e. The predicted molar refractivity (Wildman–Crippen MR) is 337 cm³/mol. The molecule has 0 bridgehead atoms. The molecule has 474 valence electrons. The van der Waals surface area contributed by atoms with Gasteiger partial charge >= 0.3 is 0 Å². The number of β-amino-alcohol motifs (C(OH)–C–C–N with tert-alkyl or cyclic N) is 1. The fraction of sp³-hybridized carbons (Fsp3) is 0.557. The Kier molecular flexibility index (Phi) is 27.2. The van der Waals surface area contributed by atoms with Gasteiger partial charge < -0.3 is 58.1 Å². The molecule has 87 heavy (non-hydrogen) atoms. The van der Waals surface area contributed by atoms with Gasteiger partial charge in [0, 0.05) is 69.3 Å². The molecule has 17 nitrogen and oxygen atoms in total. The SMILES string of the molecule is CCN(c1cc(-c2ccc(OCCOCCOCCOCCOCCOCCOCC(=O)N[C@H](C(=O)N3C[C@H](O)C[C@H]3C(=O)CCc3ccc(C4=C(C)C=CC4)cc3)C(C)(C)C)cc2)cc(C(=O)CCC2=C(C)C=C(C)CC2=O)c1C)C1CCOCC1. The molecule has 4 aliphatic rings. The monoisotopic (exact) mass is 1200 g/mol.